The highest BCUT2D eigenvalue weighted by atomic mass is 35.5. The lowest BCUT2D eigenvalue weighted by Gasteiger charge is -2.14. The van der Waals surface area contributed by atoms with Gasteiger partial charge in [0.1, 0.15) is 10.8 Å². The van der Waals surface area contributed by atoms with E-state index < -0.39 is 0 Å². The second-order valence-corrected chi connectivity index (χ2v) is 8.21. The predicted molar refractivity (Wildman–Crippen MR) is 110 cm³/mol. The lowest BCUT2D eigenvalue weighted by molar-refractivity contribution is -0.118. The number of thiazole rings is 1. The first kappa shape index (κ1) is 19.3. The molecule has 0 saturated carbocycles. The first-order valence-corrected chi connectivity index (χ1v) is 9.68. The summed E-state index contributed by atoms with van der Waals surface area (Å²) in [7, 11) is 0. The van der Waals surface area contributed by atoms with Gasteiger partial charge in [0.15, 0.2) is 11.8 Å². The predicted octanol–water partition coefficient (Wildman–Crippen LogP) is 5.17. The molecule has 0 fully saturated rings. The van der Waals surface area contributed by atoms with Crippen LogP contribution in [0.3, 0.4) is 0 Å². The topological polar surface area (TPSA) is 64.1 Å². The summed E-state index contributed by atoms with van der Waals surface area (Å²) in [6.07, 6.45) is 1.56. The molecular formula is C20H20ClN3O2S. The van der Waals surface area contributed by atoms with E-state index in [-0.39, 0.29) is 23.1 Å². The number of anilines is 1. The molecule has 140 valence electrons. The molecule has 0 aliphatic rings. The van der Waals surface area contributed by atoms with E-state index in [1.807, 2.05) is 24.3 Å². The van der Waals surface area contributed by atoms with Crippen LogP contribution >= 0.6 is 22.9 Å². The van der Waals surface area contributed by atoms with Crippen LogP contribution in [0.1, 0.15) is 26.5 Å². The molecule has 7 heteroatoms. The molecule has 0 aliphatic carbocycles. The Kier molecular flexibility index (Phi) is 5.77. The Balaban J connectivity index is 1.58. The minimum atomic E-state index is -0.302. The van der Waals surface area contributed by atoms with E-state index >= 15 is 0 Å². The van der Waals surface area contributed by atoms with Crippen molar-refractivity contribution in [3.63, 3.8) is 0 Å². The van der Waals surface area contributed by atoms with Gasteiger partial charge in [-0.05, 0) is 36.4 Å². The van der Waals surface area contributed by atoms with Gasteiger partial charge in [-0.25, -0.2) is 9.97 Å². The third kappa shape index (κ3) is 5.05. The molecule has 5 nitrogen and oxygen atoms in total. The average molecular weight is 402 g/mol. The smallest absolute Gasteiger partial charge is 0.262 e. The third-order valence-electron chi connectivity index (χ3n) is 3.78. The fourth-order valence-corrected chi connectivity index (χ4v) is 3.48. The van der Waals surface area contributed by atoms with Gasteiger partial charge in [0.05, 0.1) is 11.4 Å². The highest BCUT2D eigenvalue weighted by molar-refractivity contribution is 7.13. The summed E-state index contributed by atoms with van der Waals surface area (Å²) in [6, 6.07) is 10.9. The van der Waals surface area contributed by atoms with Gasteiger partial charge in [0, 0.05) is 22.6 Å². The maximum atomic E-state index is 12.0. The highest BCUT2D eigenvalue weighted by Gasteiger charge is 2.18. The van der Waals surface area contributed by atoms with Gasteiger partial charge >= 0.3 is 0 Å². The fourth-order valence-electron chi connectivity index (χ4n) is 2.26. The van der Waals surface area contributed by atoms with Crippen molar-refractivity contribution in [3.8, 4) is 16.3 Å². The van der Waals surface area contributed by atoms with E-state index in [9.17, 15) is 4.79 Å². The summed E-state index contributed by atoms with van der Waals surface area (Å²) in [5.74, 6) is 0.308. The standard InChI is InChI=1S/C20H20ClN3O2S/c1-20(2,3)16-12-27-19(24-16)13-6-8-14(9-7-13)26-11-17(25)23-15-5-4-10-22-18(15)21/h4-10,12H,11H2,1-3H3,(H,23,25). The van der Waals surface area contributed by atoms with Gasteiger partial charge in [-0.2, -0.15) is 0 Å². The van der Waals surface area contributed by atoms with Gasteiger partial charge in [-0.3, -0.25) is 4.79 Å². The summed E-state index contributed by atoms with van der Waals surface area (Å²) in [4.78, 5) is 20.6. The Bertz CT molecular complexity index is 933. The molecule has 0 unspecified atom stereocenters. The Labute approximate surface area is 167 Å². The Morgan fingerprint density at radius 3 is 2.59 bits per heavy atom. The maximum Gasteiger partial charge on any atom is 0.262 e. The van der Waals surface area contributed by atoms with Crippen LogP contribution in [0, 0.1) is 0 Å². The molecule has 0 aliphatic heterocycles. The molecule has 3 aromatic rings. The van der Waals surface area contributed by atoms with Crippen molar-refractivity contribution in [2.24, 2.45) is 0 Å². The number of nitrogens with zero attached hydrogens (tertiary/aromatic N) is 2. The lowest BCUT2D eigenvalue weighted by atomic mass is 9.93. The zero-order chi connectivity index (χ0) is 19.4. The second kappa shape index (κ2) is 8.06. The number of hydrogen-bond donors (Lipinski definition) is 1. The molecule has 1 amide bonds. The lowest BCUT2D eigenvalue weighted by Crippen LogP contribution is -2.20. The molecule has 1 N–H and O–H groups in total. The largest absolute Gasteiger partial charge is 0.484 e. The van der Waals surface area contributed by atoms with Crippen molar-refractivity contribution in [3.05, 3.63) is 58.8 Å². The first-order chi connectivity index (χ1) is 12.8. The number of aromatic nitrogens is 2. The Morgan fingerprint density at radius 1 is 1.22 bits per heavy atom. The van der Waals surface area contributed by atoms with Gasteiger partial charge in [-0.1, -0.05) is 32.4 Å². The summed E-state index contributed by atoms with van der Waals surface area (Å²) in [5, 5.41) is 5.97. The number of carbonyl (C=O) groups is 1. The zero-order valence-electron chi connectivity index (χ0n) is 15.3. The van der Waals surface area contributed by atoms with E-state index in [2.05, 4.69) is 36.5 Å². The van der Waals surface area contributed by atoms with Crippen molar-refractivity contribution in [2.45, 2.75) is 26.2 Å². The molecule has 1 aromatic carbocycles. The maximum absolute atomic E-state index is 12.0. The highest BCUT2D eigenvalue weighted by Crippen LogP contribution is 2.30. The summed E-state index contributed by atoms with van der Waals surface area (Å²) < 4.78 is 5.54. The third-order valence-corrected chi connectivity index (χ3v) is 4.97. The van der Waals surface area contributed by atoms with Gasteiger partial charge in [0.25, 0.3) is 5.91 Å². The number of amides is 1. The SMILES string of the molecule is CC(C)(C)c1csc(-c2ccc(OCC(=O)Nc3cccnc3Cl)cc2)n1. The normalized spacial score (nSPS) is 11.3. The molecule has 0 atom stereocenters. The zero-order valence-corrected chi connectivity index (χ0v) is 16.9. The van der Waals surface area contributed by atoms with Crippen LogP contribution in [0.15, 0.2) is 48.0 Å². The van der Waals surface area contributed by atoms with Gasteiger partial charge < -0.3 is 10.1 Å². The number of nitrogens with one attached hydrogen (secondary N) is 1. The van der Waals surface area contributed by atoms with Crippen LogP contribution < -0.4 is 10.1 Å². The molecule has 0 spiro atoms. The number of pyridine rings is 1. The van der Waals surface area contributed by atoms with E-state index in [0.29, 0.717) is 11.4 Å². The van der Waals surface area contributed by atoms with E-state index in [1.165, 1.54) is 0 Å². The molecule has 0 saturated heterocycles. The molecule has 3 rings (SSSR count). The second-order valence-electron chi connectivity index (χ2n) is 6.99. The first-order valence-electron chi connectivity index (χ1n) is 8.42. The summed E-state index contributed by atoms with van der Waals surface area (Å²) in [6.45, 7) is 6.32. The quantitative estimate of drug-likeness (QED) is 0.599. The van der Waals surface area contributed by atoms with Crippen LogP contribution in [0.5, 0.6) is 5.75 Å². The monoisotopic (exact) mass is 401 g/mol. The number of carbonyl (C=O) groups excluding carboxylic acids is 1. The van der Waals surface area contributed by atoms with E-state index in [4.69, 9.17) is 21.3 Å². The minimum absolute atomic E-state index is 0.0301. The van der Waals surface area contributed by atoms with E-state index in [0.717, 1.165) is 16.3 Å². The molecule has 2 heterocycles. The number of hydrogen-bond acceptors (Lipinski definition) is 5. The minimum Gasteiger partial charge on any atom is -0.484 e. The van der Waals surface area contributed by atoms with Crippen molar-refractivity contribution < 1.29 is 9.53 Å². The van der Waals surface area contributed by atoms with Crippen LogP contribution in [0.4, 0.5) is 5.69 Å². The number of ether oxygens (including phenoxy) is 1. The van der Waals surface area contributed by atoms with Crippen LogP contribution in [0.25, 0.3) is 10.6 Å². The van der Waals surface area contributed by atoms with E-state index in [1.54, 1.807) is 29.7 Å². The van der Waals surface area contributed by atoms with Crippen LogP contribution in [-0.2, 0) is 10.2 Å². The van der Waals surface area contributed by atoms with Crippen molar-refractivity contribution in [1.82, 2.24) is 9.97 Å². The summed E-state index contributed by atoms with van der Waals surface area (Å²) >= 11 is 7.54. The average Bonchev–Trinajstić information content (AvgIpc) is 3.13. The fraction of sp³-hybridized carbons (Fsp3) is 0.250. The van der Waals surface area contributed by atoms with Gasteiger partial charge in [-0.15, -0.1) is 11.3 Å². The molecular weight excluding hydrogens is 382 g/mol. The summed E-state index contributed by atoms with van der Waals surface area (Å²) in [5.41, 5.74) is 2.59. The van der Waals surface area contributed by atoms with Gasteiger partial charge in [0.2, 0.25) is 0 Å². The molecule has 2 aromatic heterocycles. The number of benzene rings is 1. The van der Waals surface area contributed by atoms with Crippen molar-refractivity contribution >= 4 is 34.5 Å². The Morgan fingerprint density at radius 2 is 1.96 bits per heavy atom. The molecule has 0 radical (unpaired) electrons. The Hall–Kier alpha value is -2.44. The number of halogens is 1. The van der Waals surface area contributed by atoms with Crippen LogP contribution in [0.2, 0.25) is 5.15 Å². The number of rotatable bonds is 5. The molecule has 27 heavy (non-hydrogen) atoms. The molecule has 0 bridgehead atoms. The van der Waals surface area contributed by atoms with Crippen LogP contribution in [-0.4, -0.2) is 22.5 Å². The van der Waals surface area contributed by atoms with Crippen molar-refractivity contribution in [2.75, 3.05) is 11.9 Å². The van der Waals surface area contributed by atoms with Crippen molar-refractivity contribution in [1.29, 1.82) is 0 Å².